The Morgan fingerprint density at radius 2 is 2.00 bits per heavy atom. The summed E-state index contributed by atoms with van der Waals surface area (Å²) in [5.41, 5.74) is 2.08. The Kier molecular flexibility index (Phi) is 3.52. The van der Waals surface area contributed by atoms with Crippen molar-refractivity contribution in [1.82, 2.24) is 0 Å². The highest BCUT2D eigenvalue weighted by molar-refractivity contribution is 5.91. The van der Waals surface area contributed by atoms with Crippen LogP contribution in [0.15, 0.2) is 11.1 Å². The number of esters is 1. The molecule has 13 heavy (non-hydrogen) atoms. The lowest BCUT2D eigenvalue weighted by molar-refractivity contribution is -0.139. The topological polar surface area (TPSA) is 26.3 Å². The van der Waals surface area contributed by atoms with Gasteiger partial charge >= 0.3 is 5.97 Å². The van der Waals surface area contributed by atoms with E-state index < -0.39 is 0 Å². The van der Waals surface area contributed by atoms with E-state index in [2.05, 4.69) is 13.8 Å². The summed E-state index contributed by atoms with van der Waals surface area (Å²) in [5.74, 6) is -0.109. The average Bonchev–Trinajstić information content (AvgIpc) is 2.34. The van der Waals surface area contributed by atoms with E-state index in [-0.39, 0.29) is 12.1 Å². The molecule has 0 spiro atoms. The Hall–Kier alpha value is -0.790. The third kappa shape index (κ3) is 2.11. The molecule has 0 saturated carbocycles. The lowest BCUT2D eigenvalue weighted by Crippen LogP contribution is -2.11. The van der Waals surface area contributed by atoms with Gasteiger partial charge in [0.2, 0.25) is 0 Å². The highest BCUT2D eigenvalue weighted by Crippen LogP contribution is 2.28. The first kappa shape index (κ1) is 10.3. The average molecular weight is 182 g/mol. The molecule has 1 aliphatic heterocycles. The molecule has 0 radical (unpaired) electrons. The predicted octanol–water partition coefficient (Wildman–Crippen LogP) is 2.83. The molecule has 1 unspecified atom stereocenters. The van der Waals surface area contributed by atoms with Crippen molar-refractivity contribution >= 4 is 5.97 Å². The number of hydrogen-bond donors (Lipinski definition) is 0. The maximum atomic E-state index is 11.3. The number of carbonyl (C=O) groups excluding carboxylic acids is 1. The van der Waals surface area contributed by atoms with Gasteiger partial charge in [0, 0.05) is 5.57 Å². The highest BCUT2D eigenvalue weighted by Gasteiger charge is 2.29. The molecule has 1 atom stereocenters. The second kappa shape index (κ2) is 4.45. The maximum absolute atomic E-state index is 11.3. The Morgan fingerprint density at radius 1 is 1.31 bits per heavy atom. The van der Waals surface area contributed by atoms with Gasteiger partial charge in [0.25, 0.3) is 0 Å². The Balaban J connectivity index is 2.73. The molecule has 1 aliphatic rings. The summed E-state index contributed by atoms with van der Waals surface area (Å²) in [6.07, 6.45) is 4.21. The van der Waals surface area contributed by atoms with Crippen molar-refractivity contribution in [3.63, 3.8) is 0 Å². The zero-order chi connectivity index (χ0) is 9.84. The van der Waals surface area contributed by atoms with Crippen molar-refractivity contribution < 1.29 is 9.53 Å². The van der Waals surface area contributed by atoms with Crippen LogP contribution < -0.4 is 0 Å². The molecule has 0 bridgehead atoms. The monoisotopic (exact) mass is 182 g/mol. The SMILES string of the molecule is CCCC1=C(C)C(=O)OC1CCC. The van der Waals surface area contributed by atoms with Crippen molar-refractivity contribution in [3.8, 4) is 0 Å². The molecule has 74 valence electrons. The maximum Gasteiger partial charge on any atom is 0.334 e. The van der Waals surface area contributed by atoms with Gasteiger partial charge in [-0.25, -0.2) is 4.79 Å². The molecular weight excluding hydrogens is 164 g/mol. The summed E-state index contributed by atoms with van der Waals surface area (Å²) >= 11 is 0. The summed E-state index contributed by atoms with van der Waals surface area (Å²) in [5, 5.41) is 0. The quantitative estimate of drug-likeness (QED) is 0.625. The smallest absolute Gasteiger partial charge is 0.334 e. The van der Waals surface area contributed by atoms with E-state index in [4.69, 9.17) is 4.74 Å². The van der Waals surface area contributed by atoms with Crippen LogP contribution in [-0.2, 0) is 9.53 Å². The van der Waals surface area contributed by atoms with Crippen LogP contribution in [0.25, 0.3) is 0 Å². The van der Waals surface area contributed by atoms with Crippen molar-refractivity contribution in [1.29, 1.82) is 0 Å². The van der Waals surface area contributed by atoms with Gasteiger partial charge in [-0.2, -0.15) is 0 Å². The molecule has 0 N–H and O–H groups in total. The summed E-state index contributed by atoms with van der Waals surface area (Å²) < 4.78 is 5.27. The van der Waals surface area contributed by atoms with Crippen molar-refractivity contribution in [2.75, 3.05) is 0 Å². The summed E-state index contributed by atoms with van der Waals surface area (Å²) in [6.45, 7) is 6.13. The molecule has 0 fully saturated rings. The number of rotatable bonds is 4. The molecule has 0 saturated heterocycles. The van der Waals surface area contributed by atoms with Crippen LogP contribution in [0.5, 0.6) is 0 Å². The molecule has 2 nitrogen and oxygen atoms in total. The first-order chi connectivity index (χ1) is 6.20. The Labute approximate surface area is 80.0 Å². The second-order valence-corrected chi connectivity index (χ2v) is 3.58. The lowest BCUT2D eigenvalue weighted by Gasteiger charge is -2.12. The molecule has 1 heterocycles. The largest absolute Gasteiger partial charge is 0.454 e. The fraction of sp³-hybridized carbons (Fsp3) is 0.727. The fourth-order valence-electron chi connectivity index (χ4n) is 1.77. The van der Waals surface area contributed by atoms with Gasteiger partial charge in [-0.3, -0.25) is 0 Å². The van der Waals surface area contributed by atoms with Crippen LogP contribution in [0.2, 0.25) is 0 Å². The third-order valence-corrected chi connectivity index (χ3v) is 2.50. The first-order valence-electron chi connectivity index (χ1n) is 5.11. The Bertz CT molecular complexity index is 228. The minimum atomic E-state index is -0.109. The van der Waals surface area contributed by atoms with Gasteiger partial charge in [0.1, 0.15) is 6.10 Å². The van der Waals surface area contributed by atoms with Gasteiger partial charge in [-0.15, -0.1) is 0 Å². The van der Waals surface area contributed by atoms with Crippen LogP contribution in [0.1, 0.15) is 46.5 Å². The summed E-state index contributed by atoms with van der Waals surface area (Å²) in [6, 6.07) is 0. The molecule has 0 aromatic carbocycles. The lowest BCUT2D eigenvalue weighted by atomic mass is 9.99. The molecular formula is C11H18O2. The van der Waals surface area contributed by atoms with Crippen LogP contribution in [0.4, 0.5) is 0 Å². The molecule has 0 aromatic heterocycles. The van der Waals surface area contributed by atoms with Crippen LogP contribution in [0.3, 0.4) is 0 Å². The Morgan fingerprint density at radius 3 is 2.54 bits per heavy atom. The highest BCUT2D eigenvalue weighted by atomic mass is 16.5. The van der Waals surface area contributed by atoms with Gasteiger partial charge in [-0.05, 0) is 25.3 Å². The van der Waals surface area contributed by atoms with E-state index in [1.807, 2.05) is 6.92 Å². The molecule has 0 aromatic rings. The van der Waals surface area contributed by atoms with E-state index in [0.29, 0.717) is 0 Å². The number of cyclic esters (lactones) is 1. The van der Waals surface area contributed by atoms with Crippen molar-refractivity contribution in [3.05, 3.63) is 11.1 Å². The zero-order valence-corrected chi connectivity index (χ0v) is 8.72. The minimum absolute atomic E-state index is 0.0810. The second-order valence-electron chi connectivity index (χ2n) is 3.58. The van der Waals surface area contributed by atoms with Crippen LogP contribution in [0, 0.1) is 0 Å². The standard InChI is InChI=1S/C11H18O2/c1-4-6-9-8(3)11(12)13-10(9)7-5-2/h10H,4-7H2,1-3H3. The molecule has 1 rings (SSSR count). The predicted molar refractivity (Wildman–Crippen MR) is 52.4 cm³/mol. The number of carbonyl (C=O) groups is 1. The third-order valence-electron chi connectivity index (χ3n) is 2.50. The van der Waals surface area contributed by atoms with Crippen LogP contribution in [-0.4, -0.2) is 12.1 Å². The number of ether oxygens (including phenoxy) is 1. The van der Waals surface area contributed by atoms with E-state index in [1.54, 1.807) is 0 Å². The van der Waals surface area contributed by atoms with E-state index >= 15 is 0 Å². The zero-order valence-electron chi connectivity index (χ0n) is 8.72. The summed E-state index contributed by atoms with van der Waals surface area (Å²) in [7, 11) is 0. The van der Waals surface area contributed by atoms with Gasteiger partial charge < -0.3 is 4.74 Å². The van der Waals surface area contributed by atoms with E-state index in [0.717, 1.165) is 31.3 Å². The minimum Gasteiger partial charge on any atom is -0.454 e. The van der Waals surface area contributed by atoms with Crippen molar-refractivity contribution in [2.45, 2.75) is 52.6 Å². The van der Waals surface area contributed by atoms with Crippen LogP contribution >= 0.6 is 0 Å². The van der Waals surface area contributed by atoms with E-state index in [1.165, 1.54) is 5.57 Å². The molecule has 2 heteroatoms. The number of hydrogen-bond acceptors (Lipinski definition) is 2. The van der Waals surface area contributed by atoms with Crippen molar-refractivity contribution in [2.24, 2.45) is 0 Å². The first-order valence-corrected chi connectivity index (χ1v) is 5.11. The summed E-state index contributed by atoms with van der Waals surface area (Å²) in [4.78, 5) is 11.3. The van der Waals surface area contributed by atoms with E-state index in [9.17, 15) is 4.79 Å². The fourth-order valence-corrected chi connectivity index (χ4v) is 1.77. The molecule has 0 aliphatic carbocycles. The van der Waals surface area contributed by atoms with Gasteiger partial charge in [-0.1, -0.05) is 26.7 Å². The van der Waals surface area contributed by atoms with Gasteiger partial charge in [0.05, 0.1) is 0 Å². The molecule has 0 amide bonds. The van der Waals surface area contributed by atoms with Gasteiger partial charge in [0.15, 0.2) is 0 Å². The normalized spacial score (nSPS) is 22.4.